The van der Waals surface area contributed by atoms with Gasteiger partial charge >= 0.3 is 374 Å². The maximum absolute atomic E-state index is 9.19. The van der Waals surface area contributed by atoms with Crippen LogP contribution in [0.4, 0.5) is 0 Å². The van der Waals surface area contributed by atoms with Gasteiger partial charge in [-0.25, -0.2) is 0 Å². The molecule has 8 aromatic rings. The van der Waals surface area contributed by atoms with Gasteiger partial charge in [-0.2, -0.15) is 0 Å². The molecule has 2 unspecified atom stereocenters. The van der Waals surface area contributed by atoms with Crippen LogP contribution in [0.1, 0.15) is 66.0 Å². The van der Waals surface area contributed by atoms with Crippen molar-refractivity contribution in [1.82, 2.24) is 0 Å². The summed E-state index contributed by atoms with van der Waals surface area (Å²) >= 11 is -5.64. The number of hydrogen-bond donors (Lipinski definition) is 0. The second kappa shape index (κ2) is 15.7. The van der Waals surface area contributed by atoms with Crippen LogP contribution in [0, 0.1) is 0 Å². The van der Waals surface area contributed by atoms with E-state index in [9.17, 15) is 17.0 Å². The van der Waals surface area contributed by atoms with Crippen molar-refractivity contribution in [2.24, 2.45) is 0 Å². The number of hydrogen-bond acceptors (Lipinski definition) is 4. The first-order valence-electron chi connectivity index (χ1n) is 21.4. The predicted molar refractivity (Wildman–Crippen MR) is 258 cm³/mol. The fourth-order valence-corrected chi connectivity index (χ4v) is 38.3. The summed E-state index contributed by atoms with van der Waals surface area (Å²) in [5, 5.41) is 4.17. The van der Waals surface area contributed by atoms with Crippen molar-refractivity contribution in [3.63, 3.8) is 0 Å². The van der Waals surface area contributed by atoms with Crippen molar-refractivity contribution in [1.29, 1.82) is 0 Å². The second-order valence-electron chi connectivity index (χ2n) is 16.8. The van der Waals surface area contributed by atoms with Crippen molar-refractivity contribution >= 4 is 67.3 Å². The summed E-state index contributed by atoms with van der Waals surface area (Å²) in [5.74, 6) is 3.28. The number of aryl methyl sites for hydroxylation is 2. The predicted octanol–water partition coefficient (Wildman–Crippen LogP) is 15.8. The molecule has 0 radical (unpaired) electrons. The Morgan fingerprint density at radius 1 is 0.548 bits per heavy atom. The van der Waals surface area contributed by atoms with Gasteiger partial charge in [0.1, 0.15) is 0 Å². The Kier molecular flexibility index (Phi) is 10.5. The van der Waals surface area contributed by atoms with Gasteiger partial charge in [-0.1, -0.05) is 0 Å². The van der Waals surface area contributed by atoms with E-state index >= 15 is 0 Å². The van der Waals surface area contributed by atoms with Crippen LogP contribution >= 0.6 is 17.0 Å². The van der Waals surface area contributed by atoms with Crippen LogP contribution in [0.3, 0.4) is 0 Å². The van der Waals surface area contributed by atoms with Crippen molar-refractivity contribution in [3.05, 3.63) is 179 Å². The Labute approximate surface area is 371 Å². The molecule has 2 heterocycles. The number of methoxy groups -OCH3 is 2. The number of halogens is 2. The van der Waals surface area contributed by atoms with Crippen LogP contribution < -0.4 is 9.47 Å². The molecular weight excluding hydrogens is 903 g/mol. The molecule has 10 rings (SSSR count). The first kappa shape index (κ1) is 41.2. The quantitative estimate of drug-likeness (QED) is 0.128. The molecule has 310 valence electrons. The molecule has 0 fully saturated rings. The first-order valence-corrected chi connectivity index (χ1v) is 36.8. The van der Waals surface area contributed by atoms with Crippen LogP contribution in [0.15, 0.2) is 143 Å². The van der Waals surface area contributed by atoms with Gasteiger partial charge in [-0.3, -0.25) is 0 Å². The van der Waals surface area contributed by atoms with E-state index in [-0.39, 0.29) is 7.25 Å². The maximum atomic E-state index is 9.19. The average molecular weight is 951 g/mol. The minimum atomic E-state index is -5.64. The van der Waals surface area contributed by atoms with E-state index in [2.05, 4.69) is 136 Å². The summed E-state index contributed by atoms with van der Waals surface area (Å²) in [7, 11) is 21.9. The summed E-state index contributed by atoms with van der Waals surface area (Å²) in [5.41, 5.74) is 11.9. The number of allylic oxidation sites excluding steroid dienone is 2. The van der Waals surface area contributed by atoms with E-state index in [1.54, 1.807) is 14.2 Å². The molecule has 62 heavy (non-hydrogen) atoms. The minimum absolute atomic E-state index is 0.339. The number of ether oxygens (including phenoxy) is 2. The molecule has 2 aromatic heterocycles. The third-order valence-electron chi connectivity index (χ3n) is 13.6. The van der Waals surface area contributed by atoms with E-state index < -0.39 is 20.4 Å². The zero-order valence-electron chi connectivity index (χ0n) is 35.8. The van der Waals surface area contributed by atoms with Gasteiger partial charge in [0.25, 0.3) is 0 Å². The fraction of sp³-hybridized carbons (Fsp3) is 0.185. The molecule has 0 saturated carbocycles. The topological polar surface area (TPSA) is 44.7 Å². The standard InChI is InChI=1S/2C26H21O2.C2H6Si.2ClH.Zr/c2*1-3-17-12-13-18-14-20(26-21-9-5-4-8-19(21)16-28-26)15-23(18)25(17)22-10-6-7-11-24(22)27-2;1-3-2;;;/h2*4-16H,3H2,1-2H3;1-2H3;2*1H;/q;;;;;+2/p-2. The molecule has 8 heteroatoms. The third-order valence-corrected chi connectivity index (χ3v) is 59.9. The Morgan fingerprint density at radius 3 is 1.35 bits per heavy atom. The van der Waals surface area contributed by atoms with Gasteiger partial charge in [-0.15, -0.1) is 0 Å². The molecule has 2 aliphatic carbocycles. The van der Waals surface area contributed by atoms with E-state index in [0.717, 1.165) is 113 Å². The van der Waals surface area contributed by atoms with Crippen molar-refractivity contribution in [3.8, 4) is 33.8 Å². The summed E-state index contributed by atoms with van der Waals surface area (Å²) < 4.78 is 24.9. The third kappa shape index (κ3) is 6.08. The molecule has 0 saturated heterocycles. The van der Waals surface area contributed by atoms with Gasteiger partial charge in [0.05, 0.1) is 0 Å². The Morgan fingerprint density at radius 2 is 0.952 bits per heavy atom. The van der Waals surface area contributed by atoms with Crippen molar-refractivity contribution in [2.75, 3.05) is 14.2 Å². The van der Waals surface area contributed by atoms with Crippen LogP contribution in [0.5, 0.6) is 11.5 Å². The molecule has 0 N–H and O–H groups in total. The summed E-state index contributed by atoms with van der Waals surface area (Å²) in [4.78, 5) is 0. The van der Waals surface area contributed by atoms with E-state index in [1.807, 2.05) is 36.8 Å². The number of furan rings is 2. The van der Waals surface area contributed by atoms with E-state index in [1.165, 1.54) is 11.1 Å². The Bertz CT molecular complexity index is 3040. The van der Waals surface area contributed by atoms with Gasteiger partial charge in [0.2, 0.25) is 0 Å². The molecule has 0 bridgehead atoms. The van der Waals surface area contributed by atoms with E-state index in [0.29, 0.717) is 0 Å². The van der Waals surface area contributed by atoms with E-state index in [4.69, 9.17) is 18.3 Å². The van der Waals surface area contributed by atoms with Gasteiger partial charge in [-0.05, 0) is 0 Å². The second-order valence-corrected chi connectivity index (χ2v) is 55.6. The molecule has 6 aromatic carbocycles. The molecular formula is C54H48Cl2O4SiZr. The summed E-state index contributed by atoms with van der Waals surface area (Å²) in [6.45, 7) is 9.14. The normalized spacial score (nSPS) is 16.0. The van der Waals surface area contributed by atoms with Crippen LogP contribution in [0.2, 0.25) is 13.1 Å². The number of benzene rings is 6. The molecule has 0 aliphatic heterocycles. The van der Waals surface area contributed by atoms with Gasteiger partial charge in [0, 0.05) is 0 Å². The summed E-state index contributed by atoms with van der Waals surface area (Å²) in [6, 6.07) is 42.7. The molecule has 2 aliphatic rings. The van der Waals surface area contributed by atoms with Crippen LogP contribution in [-0.4, -0.2) is 19.7 Å². The fourth-order valence-electron chi connectivity index (χ4n) is 10.6. The van der Waals surface area contributed by atoms with Crippen LogP contribution in [0.25, 0.3) is 67.1 Å². The molecule has 0 spiro atoms. The van der Waals surface area contributed by atoms with Gasteiger partial charge in [0.15, 0.2) is 0 Å². The van der Waals surface area contributed by atoms with Gasteiger partial charge < -0.3 is 0 Å². The van der Waals surface area contributed by atoms with Crippen molar-refractivity contribution in [2.45, 2.75) is 47.0 Å². The zero-order valence-corrected chi connectivity index (χ0v) is 40.8. The SMILES string of the molecule is CCc1ccc2c(c1-c1ccccc1OC)C=C(c1occ3ccccc13)[CH]2[Zr]([Cl])([Cl])([CH]1C(c2occ3ccccc23)=Cc2c1ccc(CC)c2-c1ccccc1OC)=[Si](C)C. The Hall–Kier alpha value is -4.84. The number of para-hydroxylation sites is 2. The number of rotatable bonds is 10. The zero-order chi connectivity index (χ0) is 42.9. The molecule has 2 atom stereocenters. The van der Waals surface area contributed by atoms with Crippen molar-refractivity contribution < 1.29 is 33.3 Å². The Balaban J connectivity index is 1.34. The number of fused-ring (bicyclic) bond motifs is 4. The van der Waals surface area contributed by atoms with Crippen LogP contribution in [-0.2, 0) is 27.9 Å². The monoisotopic (exact) mass is 948 g/mol. The summed E-state index contributed by atoms with van der Waals surface area (Å²) in [6.07, 6.45) is 10.1. The molecule has 4 nitrogen and oxygen atoms in total. The average Bonchev–Trinajstić information content (AvgIpc) is 4.11. The molecule has 0 amide bonds. The first-order chi connectivity index (χ1) is 30.1.